The lowest BCUT2D eigenvalue weighted by Gasteiger charge is -2.10. The number of rotatable bonds is 3. The van der Waals surface area contributed by atoms with Gasteiger partial charge >= 0.3 is 0 Å². The number of Topliss-reactive ketones (excluding diaryl/α,β-unsaturated/α-hetero) is 1. The molecule has 0 aliphatic heterocycles. The van der Waals surface area contributed by atoms with Crippen LogP contribution in [0.4, 0.5) is 0 Å². The van der Waals surface area contributed by atoms with E-state index in [-0.39, 0.29) is 5.78 Å². The second-order valence-corrected chi connectivity index (χ2v) is 6.30. The molecule has 0 aliphatic carbocycles. The molecule has 0 amide bonds. The first-order chi connectivity index (χ1) is 9.93. The van der Waals surface area contributed by atoms with Gasteiger partial charge in [-0.15, -0.1) is 0 Å². The zero-order valence-electron chi connectivity index (χ0n) is 10.4. The summed E-state index contributed by atoms with van der Waals surface area (Å²) in [4.78, 5) is 12.5. The van der Waals surface area contributed by atoms with Crippen molar-refractivity contribution in [2.45, 2.75) is 5.92 Å². The molecule has 21 heavy (non-hydrogen) atoms. The van der Waals surface area contributed by atoms with Crippen LogP contribution in [0.5, 0.6) is 0 Å². The molecule has 1 unspecified atom stereocenters. The third-order valence-electron chi connectivity index (χ3n) is 2.87. The maximum Gasteiger partial charge on any atom is 0.184 e. The number of hydrogen-bond donors (Lipinski definition) is 0. The van der Waals surface area contributed by atoms with E-state index in [1.807, 2.05) is 6.07 Å². The van der Waals surface area contributed by atoms with Crippen LogP contribution in [-0.2, 0) is 0 Å². The molecule has 0 aromatic heterocycles. The van der Waals surface area contributed by atoms with Gasteiger partial charge in [-0.05, 0) is 45.8 Å². The Bertz CT molecular complexity index is 755. The molecule has 0 radical (unpaired) electrons. The molecular weight excluding hydrogens is 396 g/mol. The van der Waals surface area contributed by atoms with Gasteiger partial charge in [-0.2, -0.15) is 5.26 Å². The van der Waals surface area contributed by atoms with Crippen molar-refractivity contribution in [3.05, 3.63) is 67.1 Å². The summed E-state index contributed by atoms with van der Waals surface area (Å²) in [5.74, 6) is -1.30. The number of hydrogen-bond acceptors (Lipinski definition) is 2. The molecule has 0 saturated carbocycles. The fourth-order valence-electron chi connectivity index (χ4n) is 1.79. The van der Waals surface area contributed by atoms with Crippen molar-refractivity contribution in [2.24, 2.45) is 0 Å². The number of benzene rings is 2. The van der Waals surface area contributed by atoms with E-state index < -0.39 is 5.92 Å². The van der Waals surface area contributed by atoms with Crippen LogP contribution in [0.3, 0.4) is 0 Å². The largest absolute Gasteiger partial charge is 0.292 e. The normalized spacial score (nSPS) is 11.8. The van der Waals surface area contributed by atoms with Gasteiger partial charge in [0.25, 0.3) is 0 Å². The second-order valence-electron chi connectivity index (χ2n) is 4.23. The highest BCUT2D eigenvalue weighted by Gasteiger charge is 2.23. The highest BCUT2D eigenvalue weighted by Crippen LogP contribution is 2.30. The first kappa shape index (κ1) is 16.3. The monoisotopic (exact) mass is 401 g/mol. The minimum atomic E-state index is -0.961. The smallest absolute Gasteiger partial charge is 0.184 e. The summed E-state index contributed by atoms with van der Waals surface area (Å²) >= 11 is 21.0. The Morgan fingerprint density at radius 3 is 2.33 bits per heavy atom. The molecule has 2 rings (SSSR count). The number of ketones is 1. The van der Waals surface area contributed by atoms with Crippen LogP contribution in [-0.4, -0.2) is 5.78 Å². The SMILES string of the molecule is N#CC(C(=O)c1ccc(Br)c(Cl)c1)c1ccc(Cl)c(Cl)c1. The van der Waals surface area contributed by atoms with Gasteiger partial charge in [0, 0.05) is 10.0 Å². The summed E-state index contributed by atoms with van der Waals surface area (Å²) in [5, 5.41) is 10.4. The minimum Gasteiger partial charge on any atom is -0.292 e. The van der Waals surface area contributed by atoms with Gasteiger partial charge in [0.15, 0.2) is 5.78 Å². The molecule has 0 heterocycles. The zero-order valence-corrected chi connectivity index (χ0v) is 14.3. The topological polar surface area (TPSA) is 40.9 Å². The molecule has 2 nitrogen and oxygen atoms in total. The van der Waals surface area contributed by atoms with Crippen molar-refractivity contribution in [3.8, 4) is 6.07 Å². The van der Waals surface area contributed by atoms with Gasteiger partial charge in [0.1, 0.15) is 5.92 Å². The Balaban J connectivity index is 2.41. The van der Waals surface area contributed by atoms with E-state index in [1.54, 1.807) is 24.3 Å². The lowest BCUT2D eigenvalue weighted by Crippen LogP contribution is -2.11. The number of nitrogens with zero attached hydrogens (tertiary/aromatic N) is 1. The van der Waals surface area contributed by atoms with Gasteiger partial charge in [0.2, 0.25) is 0 Å². The molecule has 0 spiro atoms. The average molecular weight is 403 g/mol. The molecule has 6 heteroatoms. The molecule has 0 bridgehead atoms. The lowest BCUT2D eigenvalue weighted by atomic mass is 9.92. The molecular formula is C15H7BrCl3NO. The van der Waals surface area contributed by atoms with Crippen LogP contribution < -0.4 is 0 Å². The van der Waals surface area contributed by atoms with E-state index in [0.717, 1.165) is 0 Å². The average Bonchev–Trinajstić information content (AvgIpc) is 2.46. The van der Waals surface area contributed by atoms with Crippen LogP contribution in [0.25, 0.3) is 0 Å². The van der Waals surface area contributed by atoms with Crippen molar-refractivity contribution in [2.75, 3.05) is 0 Å². The summed E-state index contributed by atoms with van der Waals surface area (Å²) in [6, 6.07) is 11.5. The van der Waals surface area contributed by atoms with Gasteiger partial charge < -0.3 is 0 Å². The van der Waals surface area contributed by atoms with E-state index in [1.165, 1.54) is 12.1 Å². The molecule has 2 aromatic rings. The van der Waals surface area contributed by atoms with Crippen LogP contribution in [0.15, 0.2) is 40.9 Å². The van der Waals surface area contributed by atoms with E-state index in [2.05, 4.69) is 15.9 Å². The maximum atomic E-state index is 12.5. The van der Waals surface area contributed by atoms with Gasteiger partial charge in [-0.3, -0.25) is 4.79 Å². The Morgan fingerprint density at radius 1 is 1.05 bits per heavy atom. The highest BCUT2D eigenvalue weighted by atomic mass is 79.9. The number of carbonyl (C=O) groups is 1. The molecule has 0 saturated heterocycles. The molecule has 2 aromatic carbocycles. The summed E-state index contributed by atoms with van der Waals surface area (Å²) < 4.78 is 0.684. The quantitative estimate of drug-likeness (QED) is 0.599. The zero-order chi connectivity index (χ0) is 15.6. The predicted octanol–water partition coefficient (Wildman–Crippen LogP) is 5.90. The van der Waals surface area contributed by atoms with Crippen molar-refractivity contribution < 1.29 is 4.79 Å². The second kappa shape index (κ2) is 6.81. The van der Waals surface area contributed by atoms with E-state index in [4.69, 9.17) is 34.8 Å². The van der Waals surface area contributed by atoms with Crippen molar-refractivity contribution >= 4 is 56.5 Å². The number of carbonyl (C=O) groups excluding carboxylic acids is 1. The van der Waals surface area contributed by atoms with Gasteiger partial charge in [-0.25, -0.2) is 0 Å². The van der Waals surface area contributed by atoms with Crippen molar-refractivity contribution in [1.82, 2.24) is 0 Å². The number of halogens is 4. The Hall–Kier alpha value is -1.05. The van der Waals surface area contributed by atoms with Crippen LogP contribution in [0.2, 0.25) is 15.1 Å². The van der Waals surface area contributed by atoms with Crippen molar-refractivity contribution in [3.63, 3.8) is 0 Å². The predicted molar refractivity (Wildman–Crippen MR) is 88.3 cm³/mol. The number of nitriles is 1. The highest BCUT2D eigenvalue weighted by molar-refractivity contribution is 9.10. The third kappa shape index (κ3) is 3.59. The summed E-state index contributed by atoms with van der Waals surface area (Å²) in [5.41, 5.74) is 0.858. The summed E-state index contributed by atoms with van der Waals surface area (Å²) in [7, 11) is 0. The summed E-state index contributed by atoms with van der Waals surface area (Å²) in [6.45, 7) is 0. The fourth-order valence-corrected chi connectivity index (χ4v) is 2.53. The van der Waals surface area contributed by atoms with Crippen LogP contribution in [0, 0.1) is 11.3 Å². The lowest BCUT2D eigenvalue weighted by molar-refractivity contribution is 0.0979. The standard InChI is InChI=1S/C15H7BrCl3NO/c16-11-3-1-9(6-13(11)18)15(21)10(7-20)8-2-4-12(17)14(19)5-8/h1-6,10H. The maximum absolute atomic E-state index is 12.5. The summed E-state index contributed by atoms with van der Waals surface area (Å²) in [6.07, 6.45) is 0. The van der Waals surface area contributed by atoms with E-state index in [0.29, 0.717) is 30.7 Å². The Labute approximate surface area is 145 Å². The fraction of sp³-hybridized carbons (Fsp3) is 0.0667. The Morgan fingerprint density at radius 2 is 1.76 bits per heavy atom. The van der Waals surface area contributed by atoms with Crippen LogP contribution in [0.1, 0.15) is 21.8 Å². The minimum absolute atomic E-state index is 0.302. The van der Waals surface area contributed by atoms with Gasteiger partial charge in [-0.1, -0.05) is 46.9 Å². The molecule has 0 aliphatic rings. The first-order valence-electron chi connectivity index (χ1n) is 5.78. The van der Waals surface area contributed by atoms with Crippen LogP contribution >= 0.6 is 50.7 Å². The van der Waals surface area contributed by atoms with Crippen molar-refractivity contribution in [1.29, 1.82) is 5.26 Å². The molecule has 0 fully saturated rings. The first-order valence-corrected chi connectivity index (χ1v) is 7.70. The Kier molecular flexibility index (Phi) is 5.29. The third-order valence-corrected chi connectivity index (χ3v) is 4.84. The van der Waals surface area contributed by atoms with E-state index in [9.17, 15) is 10.1 Å². The van der Waals surface area contributed by atoms with Gasteiger partial charge in [0.05, 0.1) is 21.1 Å². The molecule has 106 valence electrons. The molecule has 0 N–H and O–H groups in total. The van der Waals surface area contributed by atoms with E-state index >= 15 is 0 Å². The molecule has 1 atom stereocenters.